The Morgan fingerprint density at radius 2 is 1.83 bits per heavy atom. The van der Waals surface area contributed by atoms with Crippen molar-refractivity contribution in [1.82, 2.24) is 9.97 Å². The number of amides is 2. The number of rotatable bonds is 8. The van der Waals surface area contributed by atoms with Crippen LogP contribution < -0.4 is 20.9 Å². The van der Waals surface area contributed by atoms with Gasteiger partial charge >= 0.3 is 12.2 Å². The maximum absolute atomic E-state index is 12.3. The van der Waals surface area contributed by atoms with Gasteiger partial charge in [0.05, 0.1) is 12.1 Å². The molecule has 0 radical (unpaired) electrons. The molecule has 2 amide bonds. The molecule has 1 aliphatic rings. The van der Waals surface area contributed by atoms with E-state index in [1.54, 1.807) is 35.4 Å². The molecule has 0 saturated carbocycles. The van der Waals surface area contributed by atoms with Crippen LogP contribution in [0.5, 0.6) is 0 Å². The summed E-state index contributed by atoms with van der Waals surface area (Å²) in [4.78, 5) is 33.6. The van der Waals surface area contributed by atoms with Crippen LogP contribution in [0.1, 0.15) is 32.4 Å². The SMILES string of the molecule is CC(C)C1COC(=O)N1c1ccnc(N[C@@H](C)c2ccc(Nc3cccc(NC(=O)O)c3)cc2)n1. The van der Waals surface area contributed by atoms with Gasteiger partial charge in [0.25, 0.3) is 0 Å². The van der Waals surface area contributed by atoms with Crippen LogP contribution in [0.15, 0.2) is 60.8 Å². The van der Waals surface area contributed by atoms with E-state index in [0.29, 0.717) is 24.1 Å². The van der Waals surface area contributed by atoms with Gasteiger partial charge in [-0.15, -0.1) is 0 Å². The molecule has 10 heteroatoms. The van der Waals surface area contributed by atoms with E-state index in [1.807, 2.05) is 51.1 Å². The Labute approximate surface area is 203 Å². The fourth-order valence-electron chi connectivity index (χ4n) is 3.84. The van der Waals surface area contributed by atoms with E-state index in [-0.39, 0.29) is 18.0 Å². The number of nitrogens with one attached hydrogen (secondary N) is 3. The minimum absolute atomic E-state index is 0.0664. The second-order valence-electron chi connectivity index (χ2n) is 8.62. The monoisotopic (exact) mass is 476 g/mol. The van der Waals surface area contributed by atoms with Crippen molar-refractivity contribution >= 4 is 41.0 Å². The third-order valence-corrected chi connectivity index (χ3v) is 5.72. The lowest BCUT2D eigenvalue weighted by molar-refractivity contribution is 0.177. The summed E-state index contributed by atoms with van der Waals surface area (Å²) in [7, 11) is 0. The summed E-state index contributed by atoms with van der Waals surface area (Å²) in [6, 6.07) is 16.4. The largest absolute Gasteiger partial charge is 0.465 e. The van der Waals surface area contributed by atoms with Crippen molar-refractivity contribution in [2.75, 3.05) is 27.5 Å². The van der Waals surface area contributed by atoms with Crippen LogP contribution in [-0.4, -0.2) is 39.9 Å². The van der Waals surface area contributed by atoms with E-state index in [2.05, 4.69) is 25.9 Å². The number of nitrogens with zero attached hydrogens (tertiary/aromatic N) is 3. The molecule has 4 N–H and O–H groups in total. The molecule has 10 nitrogen and oxygen atoms in total. The molecule has 2 aromatic carbocycles. The van der Waals surface area contributed by atoms with E-state index in [1.165, 1.54) is 0 Å². The molecule has 35 heavy (non-hydrogen) atoms. The average molecular weight is 477 g/mol. The lowest BCUT2D eigenvalue weighted by atomic mass is 10.0. The molecule has 1 fully saturated rings. The smallest absolute Gasteiger partial charge is 0.415 e. The van der Waals surface area contributed by atoms with E-state index in [4.69, 9.17) is 9.84 Å². The van der Waals surface area contributed by atoms with Gasteiger partial charge in [0.2, 0.25) is 5.95 Å². The Morgan fingerprint density at radius 3 is 2.54 bits per heavy atom. The quantitative estimate of drug-likeness (QED) is 0.337. The first kappa shape index (κ1) is 23.8. The highest BCUT2D eigenvalue weighted by Gasteiger charge is 2.37. The van der Waals surface area contributed by atoms with Crippen LogP contribution in [0, 0.1) is 5.92 Å². The van der Waals surface area contributed by atoms with E-state index < -0.39 is 12.2 Å². The third kappa shape index (κ3) is 5.78. The summed E-state index contributed by atoms with van der Waals surface area (Å²) in [6.07, 6.45) is 0.122. The van der Waals surface area contributed by atoms with Crippen LogP contribution >= 0.6 is 0 Å². The van der Waals surface area contributed by atoms with E-state index in [9.17, 15) is 9.59 Å². The normalized spacial score (nSPS) is 16.1. The van der Waals surface area contributed by atoms with Gasteiger partial charge in [-0.3, -0.25) is 10.2 Å². The van der Waals surface area contributed by atoms with Crippen molar-refractivity contribution in [2.45, 2.75) is 32.9 Å². The Morgan fingerprint density at radius 1 is 1.09 bits per heavy atom. The molecule has 0 bridgehead atoms. The highest BCUT2D eigenvalue weighted by molar-refractivity contribution is 5.89. The Bertz CT molecular complexity index is 1200. The molecular weight excluding hydrogens is 448 g/mol. The highest BCUT2D eigenvalue weighted by Crippen LogP contribution is 2.27. The summed E-state index contributed by atoms with van der Waals surface area (Å²) in [5.74, 6) is 1.16. The molecule has 1 aromatic heterocycles. The second kappa shape index (κ2) is 10.3. The fourth-order valence-corrected chi connectivity index (χ4v) is 3.84. The number of carbonyl (C=O) groups is 2. The first-order chi connectivity index (χ1) is 16.8. The maximum Gasteiger partial charge on any atom is 0.415 e. The number of carboxylic acid groups (broad SMARTS) is 1. The van der Waals surface area contributed by atoms with Crippen molar-refractivity contribution in [3.8, 4) is 0 Å². The molecule has 3 aromatic rings. The lowest BCUT2D eigenvalue weighted by Crippen LogP contribution is -2.37. The molecule has 2 atom stereocenters. The summed E-state index contributed by atoms with van der Waals surface area (Å²) in [6.45, 7) is 6.44. The summed E-state index contributed by atoms with van der Waals surface area (Å²) in [5, 5.41) is 17.8. The minimum Gasteiger partial charge on any atom is -0.465 e. The zero-order valence-electron chi connectivity index (χ0n) is 19.7. The van der Waals surface area contributed by atoms with Gasteiger partial charge in [0.1, 0.15) is 12.4 Å². The van der Waals surface area contributed by atoms with E-state index in [0.717, 1.165) is 16.9 Å². The number of aromatic nitrogens is 2. The molecule has 182 valence electrons. The second-order valence-corrected chi connectivity index (χ2v) is 8.62. The number of hydrogen-bond donors (Lipinski definition) is 4. The van der Waals surface area contributed by atoms with Gasteiger partial charge in [-0.2, -0.15) is 4.98 Å². The molecular formula is C25H28N6O4. The number of benzene rings is 2. The predicted octanol–water partition coefficient (Wildman–Crippen LogP) is 5.46. The molecule has 2 heterocycles. The Kier molecular flexibility index (Phi) is 7.00. The van der Waals surface area contributed by atoms with Crippen molar-refractivity contribution < 1.29 is 19.4 Å². The molecule has 1 unspecified atom stereocenters. The number of cyclic esters (lactones) is 1. The number of hydrogen-bond acceptors (Lipinski definition) is 7. The van der Waals surface area contributed by atoms with Crippen LogP contribution in [-0.2, 0) is 4.74 Å². The summed E-state index contributed by atoms with van der Waals surface area (Å²) < 4.78 is 5.23. The van der Waals surface area contributed by atoms with Gasteiger partial charge in [0, 0.05) is 23.3 Å². The molecule has 1 aliphatic heterocycles. The van der Waals surface area contributed by atoms with Crippen LogP contribution in [0.25, 0.3) is 0 Å². The highest BCUT2D eigenvalue weighted by atomic mass is 16.6. The zero-order chi connectivity index (χ0) is 24.9. The van der Waals surface area contributed by atoms with Crippen LogP contribution in [0.4, 0.5) is 38.4 Å². The topological polar surface area (TPSA) is 129 Å². The molecule has 0 aliphatic carbocycles. The molecule has 0 spiro atoms. The van der Waals surface area contributed by atoms with Crippen molar-refractivity contribution in [2.24, 2.45) is 5.92 Å². The van der Waals surface area contributed by atoms with Crippen molar-refractivity contribution in [1.29, 1.82) is 0 Å². The number of ether oxygens (including phenoxy) is 1. The van der Waals surface area contributed by atoms with Gasteiger partial charge < -0.3 is 20.5 Å². The zero-order valence-corrected chi connectivity index (χ0v) is 19.7. The standard InChI is InChI=1S/C25H28N6O4/c1-15(2)21-14-35-25(34)31(21)22-11-12-26-23(30-22)27-16(3)17-7-9-18(10-8-17)28-19-5-4-6-20(13-19)29-24(32)33/h4-13,15-16,21,28-29H,14H2,1-3H3,(H,32,33)(H,26,27,30)/t16-,21?/m0/s1. The van der Waals surface area contributed by atoms with Crippen molar-refractivity contribution in [3.05, 3.63) is 66.4 Å². The molecule has 4 rings (SSSR count). The van der Waals surface area contributed by atoms with Crippen LogP contribution in [0.3, 0.4) is 0 Å². The summed E-state index contributed by atoms with van der Waals surface area (Å²) >= 11 is 0. The Hall–Kier alpha value is -4.34. The summed E-state index contributed by atoms with van der Waals surface area (Å²) in [5.41, 5.74) is 3.13. The number of carbonyl (C=O) groups excluding carboxylic acids is 1. The van der Waals surface area contributed by atoms with Gasteiger partial charge in [0.15, 0.2) is 0 Å². The fraction of sp³-hybridized carbons (Fsp3) is 0.280. The third-order valence-electron chi connectivity index (χ3n) is 5.72. The first-order valence-corrected chi connectivity index (χ1v) is 11.3. The van der Waals surface area contributed by atoms with E-state index >= 15 is 0 Å². The predicted molar refractivity (Wildman–Crippen MR) is 134 cm³/mol. The van der Waals surface area contributed by atoms with Gasteiger partial charge in [-0.1, -0.05) is 32.0 Å². The number of anilines is 5. The average Bonchev–Trinajstić information content (AvgIpc) is 3.21. The first-order valence-electron chi connectivity index (χ1n) is 11.3. The minimum atomic E-state index is -1.11. The lowest BCUT2D eigenvalue weighted by Gasteiger charge is -2.23. The maximum atomic E-state index is 12.3. The van der Waals surface area contributed by atoms with Crippen LogP contribution in [0.2, 0.25) is 0 Å². The van der Waals surface area contributed by atoms with Gasteiger partial charge in [-0.05, 0) is 54.8 Å². The van der Waals surface area contributed by atoms with Gasteiger partial charge in [-0.25, -0.2) is 14.6 Å². The van der Waals surface area contributed by atoms with Crippen molar-refractivity contribution in [3.63, 3.8) is 0 Å². The Balaban J connectivity index is 1.42. The molecule has 1 saturated heterocycles.